The van der Waals surface area contributed by atoms with Gasteiger partial charge in [-0.1, -0.05) is 12.8 Å². The van der Waals surface area contributed by atoms with Crippen LogP contribution in [0.1, 0.15) is 36.9 Å². The Balaban J connectivity index is 1.96. The minimum atomic E-state index is 0.398. The Bertz CT molecular complexity index is 427. The summed E-state index contributed by atoms with van der Waals surface area (Å²) in [5.74, 6) is 1.07. The second-order valence-corrected chi connectivity index (χ2v) is 5.41. The largest absolute Gasteiger partial charge is 0.356 e. The third kappa shape index (κ3) is 2.45. The van der Waals surface area contributed by atoms with Crippen molar-refractivity contribution in [3.05, 3.63) is 16.5 Å². The van der Waals surface area contributed by atoms with Crippen LogP contribution in [0, 0.1) is 0 Å². The van der Waals surface area contributed by atoms with E-state index >= 15 is 0 Å². The van der Waals surface area contributed by atoms with Crippen molar-refractivity contribution in [2.45, 2.75) is 38.6 Å². The summed E-state index contributed by atoms with van der Waals surface area (Å²) in [6.07, 6.45) is 6.12. The van der Waals surface area contributed by atoms with Crippen molar-refractivity contribution in [1.82, 2.24) is 15.3 Å². The molecule has 0 aromatic carbocycles. The first kappa shape index (κ1) is 12.2. The summed E-state index contributed by atoms with van der Waals surface area (Å²) in [6, 6.07) is 0. The molecular formula is C13H19ClN4. The van der Waals surface area contributed by atoms with Crippen molar-refractivity contribution in [1.29, 1.82) is 0 Å². The van der Waals surface area contributed by atoms with E-state index in [-0.39, 0.29) is 0 Å². The molecule has 0 amide bonds. The second kappa shape index (κ2) is 5.41. The molecule has 1 aromatic rings. The topological polar surface area (TPSA) is 41.1 Å². The quantitative estimate of drug-likeness (QED) is 0.791. The standard InChI is InChI=1S/C13H19ClN4/c14-13-16-11-5-6-15-9-10(11)12(17-13)18-7-3-1-2-4-8-18/h15H,1-9H2. The van der Waals surface area contributed by atoms with Crippen LogP contribution in [0.15, 0.2) is 0 Å². The van der Waals surface area contributed by atoms with Crippen molar-refractivity contribution in [2.24, 2.45) is 0 Å². The van der Waals surface area contributed by atoms with Gasteiger partial charge < -0.3 is 10.2 Å². The Labute approximate surface area is 113 Å². The molecule has 18 heavy (non-hydrogen) atoms. The highest BCUT2D eigenvalue weighted by Crippen LogP contribution is 2.27. The number of aromatic nitrogens is 2. The maximum absolute atomic E-state index is 6.07. The van der Waals surface area contributed by atoms with E-state index in [2.05, 4.69) is 20.2 Å². The normalized spacial score (nSPS) is 20.4. The van der Waals surface area contributed by atoms with E-state index in [4.69, 9.17) is 11.6 Å². The van der Waals surface area contributed by atoms with Gasteiger partial charge in [0.25, 0.3) is 0 Å². The lowest BCUT2D eigenvalue weighted by molar-refractivity contribution is 0.619. The van der Waals surface area contributed by atoms with Crippen LogP contribution < -0.4 is 10.2 Å². The highest BCUT2D eigenvalue weighted by molar-refractivity contribution is 6.28. The van der Waals surface area contributed by atoms with Crippen LogP contribution in [0.2, 0.25) is 5.28 Å². The minimum absolute atomic E-state index is 0.398. The van der Waals surface area contributed by atoms with E-state index in [1.807, 2.05) is 0 Å². The molecule has 1 fully saturated rings. The zero-order valence-electron chi connectivity index (χ0n) is 10.6. The molecule has 98 valence electrons. The van der Waals surface area contributed by atoms with Gasteiger partial charge in [-0.3, -0.25) is 0 Å². The molecule has 0 radical (unpaired) electrons. The number of nitrogens with zero attached hydrogens (tertiary/aromatic N) is 3. The van der Waals surface area contributed by atoms with Crippen molar-refractivity contribution < 1.29 is 0 Å². The average molecular weight is 267 g/mol. The summed E-state index contributed by atoms with van der Waals surface area (Å²) in [5, 5.41) is 3.80. The van der Waals surface area contributed by atoms with Crippen molar-refractivity contribution in [3.8, 4) is 0 Å². The van der Waals surface area contributed by atoms with Crippen LogP contribution in [0.3, 0.4) is 0 Å². The summed E-state index contributed by atoms with van der Waals surface area (Å²) in [5.41, 5.74) is 2.39. The zero-order chi connectivity index (χ0) is 12.4. The lowest BCUT2D eigenvalue weighted by Gasteiger charge is -2.27. The molecule has 2 aliphatic rings. The highest BCUT2D eigenvalue weighted by atomic mass is 35.5. The molecule has 5 heteroatoms. The van der Waals surface area contributed by atoms with E-state index in [1.165, 1.54) is 31.2 Å². The molecule has 3 rings (SSSR count). The predicted molar refractivity (Wildman–Crippen MR) is 73.1 cm³/mol. The van der Waals surface area contributed by atoms with Crippen molar-refractivity contribution in [2.75, 3.05) is 24.5 Å². The number of anilines is 1. The lowest BCUT2D eigenvalue weighted by atomic mass is 10.1. The van der Waals surface area contributed by atoms with Gasteiger partial charge in [0.15, 0.2) is 0 Å². The number of nitrogens with one attached hydrogen (secondary N) is 1. The van der Waals surface area contributed by atoms with E-state index < -0.39 is 0 Å². The van der Waals surface area contributed by atoms with Gasteiger partial charge in [-0.15, -0.1) is 0 Å². The highest BCUT2D eigenvalue weighted by Gasteiger charge is 2.21. The summed E-state index contributed by atoms with van der Waals surface area (Å²) >= 11 is 6.07. The first-order valence-electron chi connectivity index (χ1n) is 6.85. The Morgan fingerprint density at radius 2 is 1.83 bits per heavy atom. The van der Waals surface area contributed by atoms with Crippen LogP contribution >= 0.6 is 11.6 Å². The molecule has 1 saturated heterocycles. The molecular weight excluding hydrogens is 248 g/mol. The molecule has 3 heterocycles. The SMILES string of the molecule is Clc1nc2c(c(N3CCCCCC3)n1)CNCC2. The fourth-order valence-electron chi connectivity index (χ4n) is 2.84. The third-order valence-electron chi connectivity index (χ3n) is 3.79. The molecule has 0 atom stereocenters. The summed E-state index contributed by atoms with van der Waals surface area (Å²) in [4.78, 5) is 11.3. The Kier molecular flexibility index (Phi) is 3.66. The van der Waals surface area contributed by atoms with Gasteiger partial charge in [0, 0.05) is 38.2 Å². The maximum atomic E-state index is 6.07. The van der Waals surface area contributed by atoms with Gasteiger partial charge in [-0.25, -0.2) is 9.97 Å². The van der Waals surface area contributed by atoms with E-state index in [0.29, 0.717) is 5.28 Å². The number of fused-ring (bicyclic) bond motifs is 1. The van der Waals surface area contributed by atoms with Crippen molar-refractivity contribution >= 4 is 17.4 Å². The molecule has 1 aromatic heterocycles. The van der Waals surface area contributed by atoms with Gasteiger partial charge in [-0.2, -0.15) is 0 Å². The number of rotatable bonds is 1. The van der Waals surface area contributed by atoms with Crippen LogP contribution in [0.4, 0.5) is 5.82 Å². The fourth-order valence-corrected chi connectivity index (χ4v) is 3.02. The van der Waals surface area contributed by atoms with Gasteiger partial charge in [0.05, 0.1) is 5.69 Å². The fraction of sp³-hybridized carbons (Fsp3) is 0.692. The molecule has 0 unspecified atom stereocenters. The van der Waals surface area contributed by atoms with Crippen LogP contribution in [-0.4, -0.2) is 29.6 Å². The average Bonchev–Trinajstić information content (AvgIpc) is 2.66. The summed E-state index contributed by atoms with van der Waals surface area (Å²) < 4.78 is 0. The molecule has 0 bridgehead atoms. The molecule has 0 saturated carbocycles. The Hall–Kier alpha value is -0.870. The molecule has 0 aliphatic carbocycles. The van der Waals surface area contributed by atoms with E-state index in [0.717, 1.165) is 44.1 Å². The zero-order valence-corrected chi connectivity index (χ0v) is 11.3. The second-order valence-electron chi connectivity index (χ2n) is 5.07. The smallest absolute Gasteiger partial charge is 0.224 e. The van der Waals surface area contributed by atoms with Gasteiger partial charge in [0.1, 0.15) is 5.82 Å². The van der Waals surface area contributed by atoms with Crippen LogP contribution in [-0.2, 0) is 13.0 Å². The van der Waals surface area contributed by atoms with E-state index in [9.17, 15) is 0 Å². The predicted octanol–water partition coefficient (Wildman–Crippen LogP) is 2.16. The third-order valence-corrected chi connectivity index (χ3v) is 3.96. The Morgan fingerprint density at radius 1 is 1.06 bits per heavy atom. The number of halogens is 1. The molecule has 1 N–H and O–H groups in total. The number of hydrogen-bond donors (Lipinski definition) is 1. The van der Waals surface area contributed by atoms with Gasteiger partial charge in [0.2, 0.25) is 5.28 Å². The minimum Gasteiger partial charge on any atom is -0.356 e. The monoisotopic (exact) mass is 266 g/mol. The number of hydrogen-bond acceptors (Lipinski definition) is 4. The first-order valence-corrected chi connectivity index (χ1v) is 7.23. The lowest BCUT2D eigenvalue weighted by Crippen LogP contribution is -2.31. The van der Waals surface area contributed by atoms with Crippen LogP contribution in [0.25, 0.3) is 0 Å². The molecule has 2 aliphatic heterocycles. The van der Waals surface area contributed by atoms with Crippen LogP contribution in [0.5, 0.6) is 0 Å². The van der Waals surface area contributed by atoms with Gasteiger partial charge >= 0.3 is 0 Å². The Morgan fingerprint density at radius 3 is 2.61 bits per heavy atom. The maximum Gasteiger partial charge on any atom is 0.224 e. The molecule has 4 nitrogen and oxygen atoms in total. The first-order chi connectivity index (χ1) is 8.84. The van der Waals surface area contributed by atoms with Gasteiger partial charge in [-0.05, 0) is 24.4 Å². The molecule has 0 spiro atoms. The summed E-state index contributed by atoms with van der Waals surface area (Å²) in [7, 11) is 0. The van der Waals surface area contributed by atoms with Crippen molar-refractivity contribution in [3.63, 3.8) is 0 Å². The van der Waals surface area contributed by atoms with E-state index in [1.54, 1.807) is 0 Å². The summed E-state index contributed by atoms with van der Waals surface area (Å²) in [6.45, 7) is 4.05.